The van der Waals surface area contributed by atoms with Gasteiger partial charge in [0.2, 0.25) is 5.76 Å². The molecule has 0 fully saturated rings. The van der Waals surface area contributed by atoms with Crippen LogP contribution >= 0.6 is 11.6 Å². The van der Waals surface area contributed by atoms with Crippen molar-refractivity contribution in [3.05, 3.63) is 64.9 Å². The number of methoxy groups -OCH3 is 1. The summed E-state index contributed by atoms with van der Waals surface area (Å²) in [5, 5.41) is 3.01. The standard InChI is InChI=1S/C18H16ClNO5S/c1-24-15-8-7-13(19)11-14(15)20-18(21)16-17(12-5-3-2-4-6-12)26(22,23)10-9-25-16/h2-8,11H,9-10H2,1H3,(H,20,21). The number of carbonyl (C=O) groups excluding carboxylic acids is 1. The summed E-state index contributed by atoms with van der Waals surface area (Å²) in [5.41, 5.74) is 0.715. The molecule has 1 N–H and O–H groups in total. The predicted octanol–water partition coefficient (Wildman–Crippen LogP) is 3.10. The maximum Gasteiger partial charge on any atom is 0.292 e. The van der Waals surface area contributed by atoms with Crippen molar-refractivity contribution in [2.75, 3.05) is 24.8 Å². The van der Waals surface area contributed by atoms with Crippen LogP contribution in [-0.2, 0) is 19.4 Å². The molecule has 0 bridgehead atoms. The zero-order valence-corrected chi connectivity index (χ0v) is 15.4. The Bertz CT molecular complexity index is 970. The van der Waals surface area contributed by atoms with E-state index >= 15 is 0 Å². The van der Waals surface area contributed by atoms with Crippen molar-refractivity contribution in [3.8, 4) is 5.75 Å². The van der Waals surface area contributed by atoms with Gasteiger partial charge in [-0.15, -0.1) is 0 Å². The lowest BCUT2D eigenvalue weighted by Crippen LogP contribution is -2.28. The van der Waals surface area contributed by atoms with E-state index in [0.29, 0.717) is 22.0 Å². The Labute approximate surface area is 156 Å². The third-order valence-electron chi connectivity index (χ3n) is 3.77. The largest absolute Gasteiger partial charge is 0.495 e. The third kappa shape index (κ3) is 3.68. The lowest BCUT2D eigenvalue weighted by molar-refractivity contribution is -0.115. The molecule has 0 radical (unpaired) electrons. The molecule has 0 unspecified atom stereocenters. The van der Waals surface area contributed by atoms with E-state index in [4.69, 9.17) is 21.1 Å². The highest BCUT2D eigenvalue weighted by Gasteiger charge is 2.33. The van der Waals surface area contributed by atoms with Gasteiger partial charge in [0.25, 0.3) is 5.91 Å². The molecule has 8 heteroatoms. The normalized spacial score (nSPS) is 15.9. The molecule has 2 aromatic rings. The predicted molar refractivity (Wildman–Crippen MR) is 99.7 cm³/mol. The minimum atomic E-state index is -3.65. The molecule has 1 amide bonds. The summed E-state index contributed by atoms with van der Waals surface area (Å²) in [6, 6.07) is 13.1. The second kappa shape index (κ2) is 7.39. The first kappa shape index (κ1) is 18.3. The fraction of sp³-hybridized carbons (Fsp3) is 0.167. The SMILES string of the molecule is COc1ccc(Cl)cc1NC(=O)C1=C(c2ccccc2)S(=O)(=O)CCO1. The average molecular weight is 394 g/mol. The molecule has 3 rings (SSSR count). The molecule has 0 aliphatic carbocycles. The number of halogens is 1. The van der Waals surface area contributed by atoms with Crippen LogP contribution in [0.2, 0.25) is 5.02 Å². The second-order valence-electron chi connectivity index (χ2n) is 5.49. The van der Waals surface area contributed by atoms with Gasteiger partial charge in [0.1, 0.15) is 17.3 Å². The van der Waals surface area contributed by atoms with E-state index in [1.165, 1.54) is 13.2 Å². The van der Waals surface area contributed by atoms with Gasteiger partial charge in [0.05, 0.1) is 18.6 Å². The second-order valence-corrected chi connectivity index (χ2v) is 7.97. The van der Waals surface area contributed by atoms with Crippen molar-refractivity contribution >= 4 is 37.9 Å². The number of hydrogen-bond donors (Lipinski definition) is 1. The minimum Gasteiger partial charge on any atom is -0.495 e. The van der Waals surface area contributed by atoms with Gasteiger partial charge in [-0.3, -0.25) is 4.79 Å². The van der Waals surface area contributed by atoms with Crippen molar-refractivity contribution in [3.63, 3.8) is 0 Å². The molecule has 0 spiro atoms. The summed E-state index contributed by atoms with van der Waals surface area (Å²) in [6.45, 7) is -0.0892. The van der Waals surface area contributed by atoms with E-state index < -0.39 is 15.7 Å². The molecular weight excluding hydrogens is 378 g/mol. The summed E-state index contributed by atoms with van der Waals surface area (Å²) in [5.74, 6) is -0.727. The van der Waals surface area contributed by atoms with E-state index in [0.717, 1.165) is 0 Å². The van der Waals surface area contributed by atoms with Gasteiger partial charge in [-0.25, -0.2) is 8.42 Å². The first-order valence-electron chi connectivity index (χ1n) is 7.72. The molecule has 1 aliphatic heterocycles. The molecule has 1 aliphatic rings. The highest BCUT2D eigenvalue weighted by atomic mass is 35.5. The lowest BCUT2D eigenvalue weighted by Gasteiger charge is -2.21. The highest BCUT2D eigenvalue weighted by Crippen LogP contribution is 2.32. The Morgan fingerprint density at radius 1 is 1.19 bits per heavy atom. The maximum absolute atomic E-state index is 12.8. The van der Waals surface area contributed by atoms with Crippen molar-refractivity contribution in [1.82, 2.24) is 0 Å². The van der Waals surface area contributed by atoms with Crippen LogP contribution in [-0.4, -0.2) is 33.8 Å². The lowest BCUT2D eigenvalue weighted by atomic mass is 10.2. The number of nitrogens with one attached hydrogen (secondary N) is 1. The monoisotopic (exact) mass is 393 g/mol. The van der Waals surface area contributed by atoms with E-state index in [9.17, 15) is 13.2 Å². The Balaban J connectivity index is 2.06. The van der Waals surface area contributed by atoms with Gasteiger partial charge in [0, 0.05) is 5.02 Å². The molecule has 0 saturated carbocycles. The van der Waals surface area contributed by atoms with Gasteiger partial charge < -0.3 is 14.8 Å². The third-order valence-corrected chi connectivity index (χ3v) is 5.75. The molecular formula is C18H16ClNO5S. The van der Waals surface area contributed by atoms with Crippen LogP contribution in [0.1, 0.15) is 5.56 Å². The van der Waals surface area contributed by atoms with Crippen LogP contribution in [0.5, 0.6) is 5.75 Å². The number of amides is 1. The van der Waals surface area contributed by atoms with Crippen LogP contribution in [0.3, 0.4) is 0 Å². The number of anilines is 1. The van der Waals surface area contributed by atoms with Gasteiger partial charge in [-0.1, -0.05) is 41.9 Å². The fourth-order valence-electron chi connectivity index (χ4n) is 2.59. The van der Waals surface area contributed by atoms with Crippen LogP contribution in [0, 0.1) is 0 Å². The van der Waals surface area contributed by atoms with Gasteiger partial charge in [-0.05, 0) is 23.8 Å². The summed E-state index contributed by atoms with van der Waals surface area (Å²) in [6.07, 6.45) is 0. The van der Waals surface area contributed by atoms with Gasteiger partial charge in [0.15, 0.2) is 9.84 Å². The van der Waals surface area contributed by atoms with Crippen molar-refractivity contribution in [2.24, 2.45) is 0 Å². The number of ether oxygens (including phenoxy) is 2. The maximum atomic E-state index is 12.8. The Morgan fingerprint density at radius 2 is 1.92 bits per heavy atom. The number of sulfone groups is 1. The molecule has 1 heterocycles. The van der Waals surface area contributed by atoms with Crippen molar-refractivity contribution < 1.29 is 22.7 Å². The van der Waals surface area contributed by atoms with Crippen molar-refractivity contribution in [1.29, 1.82) is 0 Å². The van der Waals surface area contributed by atoms with E-state index in [-0.39, 0.29) is 23.0 Å². The molecule has 0 aromatic heterocycles. The van der Waals surface area contributed by atoms with Crippen LogP contribution in [0.15, 0.2) is 54.3 Å². The molecule has 0 saturated heterocycles. The first-order chi connectivity index (χ1) is 12.4. The average Bonchev–Trinajstić information content (AvgIpc) is 2.61. The molecule has 26 heavy (non-hydrogen) atoms. The van der Waals surface area contributed by atoms with Crippen LogP contribution in [0.4, 0.5) is 5.69 Å². The summed E-state index contributed by atoms with van der Waals surface area (Å²) in [4.78, 5) is 12.6. The minimum absolute atomic E-state index is 0.0892. The first-order valence-corrected chi connectivity index (χ1v) is 9.75. The van der Waals surface area contributed by atoms with Gasteiger partial charge in [-0.2, -0.15) is 0 Å². The van der Waals surface area contributed by atoms with Crippen LogP contribution < -0.4 is 10.1 Å². The quantitative estimate of drug-likeness (QED) is 0.863. The van der Waals surface area contributed by atoms with Gasteiger partial charge >= 0.3 is 0 Å². The molecule has 6 nitrogen and oxygen atoms in total. The highest BCUT2D eigenvalue weighted by molar-refractivity contribution is 8.00. The Kier molecular flexibility index (Phi) is 5.20. The Hall–Kier alpha value is -2.51. The zero-order chi connectivity index (χ0) is 18.7. The number of hydrogen-bond acceptors (Lipinski definition) is 5. The molecule has 0 atom stereocenters. The zero-order valence-electron chi connectivity index (χ0n) is 13.9. The number of carbonyl (C=O) groups is 1. The Morgan fingerprint density at radius 3 is 2.62 bits per heavy atom. The van der Waals surface area contributed by atoms with E-state index in [1.807, 2.05) is 0 Å². The van der Waals surface area contributed by atoms with E-state index in [2.05, 4.69) is 5.32 Å². The molecule has 2 aromatic carbocycles. The van der Waals surface area contributed by atoms with E-state index in [1.54, 1.807) is 42.5 Å². The number of benzene rings is 2. The topological polar surface area (TPSA) is 81.7 Å². The summed E-state index contributed by atoms with van der Waals surface area (Å²) < 4.78 is 35.8. The smallest absolute Gasteiger partial charge is 0.292 e. The molecule has 136 valence electrons. The van der Waals surface area contributed by atoms with Crippen LogP contribution in [0.25, 0.3) is 4.91 Å². The fourth-order valence-corrected chi connectivity index (χ4v) is 4.20. The summed E-state index contributed by atoms with van der Waals surface area (Å²) >= 11 is 5.97. The van der Waals surface area contributed by atoms with Crippen molar-refractivity contribution in [2.45, 2.75) is 0 Å². The summed E-state index contributed by atoms with van der Waals surface area (Å²) in [7, 11) is -2.20. The number of rotatable bonds is 4.